The molecule has 0 heterocycles. The van der Waals surface area contributed by atoms with Crippen molar-refractivity contribution >= 4 is 5.91 Å². The average Bonchev–Trinajstić information content (AvgIpc) is 2.55. The van der Waals surface area contributed by atoms with Gasteiger partial charge in [0.2, 0.25) is 0 Å². The maximum absolute atomic E-state index is 12.8. The van der Waals surface area contributed by atoms with Crippen LogP contribution in [0.25, 0.3) is 0 Å². The van der Waals surface area contributed by atoms with Gasteiger partial charge < -0.3 is 10.1 Å². The van der Waals surface area contributed by atoms with Gasteiger partial charge in [-0.2, -0.15) is 0 Å². The number of carbonyl (C=O) groups excluding carboxylic acids is 1. The smallest absolute Gasteiger partial charge is 0.261 e. The van der Waals surface area contributed by atoms with Crippen molar-refractivity contribution < 1.29 is 13.9 Å². The molecule has 0 aliphatic heterocycles. The molecule has 1 N–H and O–H groups in total. The van der Waals surface area contributed by atoms with Gasteiger partial charge in [0.25, 0.3) is 5.91 Å². The van der Waals surface area contributed by atoms with E-state index in [-0.39, 0.29) is 11.7 Å². The summed E-state index contributed by atoms with van der Waals surface area (Å²) in [5, 5.41) is 2.86. The second-order valence-electron chi connectivity index (χ2n) is 5.00. The first-order valence-corrected chi connectivity index (χ1v) is 7.43. The highest BCUT2D eigenvalue weighted by Gasteiger charge is 2.17. The highest BCUT2D eigenvalue weighted by molar-refractivity contribution is 5.81. The Morgan fingerprint density at radius 2 is 1.82 bits per heavy atom. The zero-order chi connectivity index (χ0) is 15.8. The first-order valence-electron chi connectivity index (χ1n) is 7.43. The first kappa shape index (κ1) is 16.0. The average molecular weight is 301 g/mol. The maximum atomic E-state index is 12.8. The van der Waals surface area contributed by atoms with E-state index in [0.717, 1.165) is 5.56 Å². The van der Waals surface area contributed by atoms with Crippen LogP contribution in [0.5, 0.6) is 5.75 Å². The summed E-state index contributed by atoms with van der Waals surface area (Å²) in [7, 11) is 0. The molecule has 4 heteroatoms. The molecule has 0 spiro atoms. The van der Waals surface area contributed by atoms with Crippen LogP contribution in [0.15, 0.2) is 54.6 Å². The fraction of sp³-hybridized carbons (Fsp3) is 0.278. The Morgan fingerprint density at radius 1 is 1.14 bits per heavy atom. The van der Waals surface area contributed by atoms with E-state index in [9.17, 15) is 9.18 Å². The van der Waals surface area contributed by atoms with E-state index in [2.05, 4.69) is 5.32 Å². The molecule has 0 bridgehead atoms. The van der Waals surface area contributed by atoms with Gasteiger partial charge in [-0.15, -0.1) is 0 Å². The third kappa shape index (κ3) is 4.88. The number of amides is 1. The summed E-state index contributed by atoms with van der Waals surface area (Å²) in [6.45, 7) is 2.41. The molecular weight excluding hydrogens is 281 g/mol. The molecule has 3 nitrogen and oxygen atoms in total. The Morgan fingerprint density at radius 3 is 2.45 bits per heavy atom. The van der Waals surface area contributed by atoms with Crippen molar-refractivity contribution in [2.75, 3.05) is 6.54 Å². The van der Waals surface area contributed by atoms with Gasteiger partial charge in [0.05, 0.1) is 0 Å². The maximum Gasteiger partial charge on any atom is 0.261 e. The van der Waals surface area contributed by atoms with Crippen LogP contribution < -0.4 is 10.1 Å². The molecule has 1 atom stereocenters. The largest absolute Gasteiger partial charge is 0.481 e. The zero-order valence-electron chi connectivity index (χ0n) is 12.6. The Balaban J connectivity index is 1.80. The van der Waals surface area contributed by atoms with Crippen molar-refractivity contribution in [3.63, 3.8) is 0 Å². The first-order chi connectivity index (χ1) is 10.7. The second kappa shape index (κ2) is 8.17. The predicted octanol–water partition coefficient (Wildman–Crippen LogP) is 3.34. The van der Waals surface area contributed by atoms with Gasteiger partial charge in [-0.05, 0) is 42.7 Å². The number of hydrogen-bond acceptors (Lipinski definition) is 2. The molecule has 0 fully saturated rings. The lowest BCUT2D eigenvalue weighted by Gasteiger charge is -2.17. The third-order valence-electron chi connectivity index (χ3n) is 3.31. The predicted molar refractivity (Wildman–Crippen MR) is 84.3 cm³/mol. The van der Waals surface area contributed by atoms with E-state index in [1.807, 2.05) is 37.3 Å². The number of rotatable bonds is 7. The highest BCUT2D eigenvalue weighted by atomic mass is 19.1. The van der Waals surface area contributed by atoms with Gasteiger partial charge in [0.1, 0.15) is 11.6 Å². The third-order valence-corrected chi connectivity index (χ3v) is 3.31. The number of benzene rings is 2. The Labute approximate surface area is 130 Å². The minimum Gasteiger partial charge on any atom is -0.481 e. The summed E-state index contributed by atoms with van der Waals surface area (Å²) < 4.78 is 18.5. The molecule has 0 radical (unpaired) electrons. The van der Waals surface area contributed by atoms with Crippen LogP contribution in [-0.2, 0) is 11.2 Å². The summed E-state index contributed by atoms with van der Waals surface area (Å²) in [5.74, 6) is 0.298. The van der Waals surface area contributed by atoms with Crippen LogP contribution in [-0.4, -0.2) is 18.6 Å². The van der Waals surface area contributed by atoms with Crippen molar-refractivity contribution in [1.82, 2.24) is 5.32 Å². The number of halogens is 1. The lowest BCUT2D eigenvalue weighted by Crippen LogP contribution is -2.38. The van der Waals surface area contributed by atoms with Crippen molar-refractivity contribution in [3.8, 4) is 5.75 Å². The molecule has 0 saturated carbocycles. The Bertz CT molecular complexity index is 584. The van der Waals surface area contributed by atoms with Crippen LogP contribution in [0.2, 0.25) is 0 Å². The van der Waals surface area contributed by atoms with Gasteiger partial charge in [0.15, 0.2) is 6.10 Å². The molecule has 22 heavy (non-hydrogen) atoms. The van der Waals surface area contributed by atoms with Gasteiger partial charge >= 0.3 is 0 Å². The van der Waals surface area contributed by atoms with Gasteiger partial charge in [-0.25, -0.2) is 4.39 Å². The van der Waals surface area contributed by atoms with Crippen molar-refractivity contribution in [3.05, 3.63) is 66.0 Å². The van der Waals surface area contributed by atoms with Crippen LogP contribution in [0, 0.1) is 5.82 Å². The molecule has 0 aromatic heterocycles. The van der Waals surface area contributed by atoms with Crippen molar-refractivity contribution in [2.24, 2.45) is 0 Å². The summed E-state index contributed by atoms with van der Waals surface area (Å²) in [5.41, 5.74) is 0.985. The molecule has 0 saturated heterocycles. The number of hydrogen-bond donors (Lipinski definition) is 1. The van der Waals surface area contributed by atoms with Gasteiger partial charge in [-0.3, -0.25) is 4.79 Å². The normalized spacial score (nSPS) is 11.7. The summed E-state index contributed by atoms with van der Waals surface area (Å²) in [4.78, 5) is 12.1. The molecule has 0 aliphatic carbocycles. The minimum atomic E-state index is -0.504. The molecule has 2 rings (SSSR count). The quantitative estimate of drug-likeness (QED) is 0.852. The van der Waals surface area contributed by atoms with E-state index in [0.29, 0.717) is 25.1 Å². The molecular formula is C18H20FNO2. The number of ether oxygens (including phenoxy) is 1. The highest BCUT2D eigenvalue weighted by Crippen LogP contribution is 2.12. The molecule has 0 unspecified atom stereocenters. The number of carbonyl (C=O) groups is 1. The van der Waals surface area contributed by atoms with Crippen LogP contribution in [0.4, 0.5) is 4.39 Å². The Hall–Kier alpha value is -2.36. The lowest BCUT2D eigenvalue weighted by atomic mass is 10.1. The van der Waals surface area contributed by atoms with Crippen LogP contribution in [0.3, 0.4) is 0 Å². The lowest BCUT2D eigenvalue weighted by molar-refractivity contribution is -0.128. The SMILES string of the molecule is CC[C@H](Oc1ccccc1)C(=O)NCCc1ccc(F)cc1. The number of para-hydroxylation sites is 1. The van der Waals surface area contributed by atoms with E-state index in [1.165, 1.54) is 12.1 Å². The van der Waals surface area contributed by atoms with Crippen LogP contribution >= 0.6 is 0 Å². The minimum absolute atomic E-state index is 0.131. The molecule has 2 aromatic carbocycles. The standard InChI is InChI=1S/C18H20FNO2/c1-2-17(22-16-6-4-3-5-7-16)18(21)20-13-12-14-8-10-15(19)11-9-14/h3-11,17H,2,12-13H2,1H3,(H,20,21)/t17-/m0/s1. The van der Waals surface area contributed by atoms with E-state index in [1.54, 1.807) is 12.1 Å². The molecule has 0 aliphatic rings. The molecule has 2 aromatic rings. The van der Waals surface area contributed by atoms with Crippen molar-refractivity contribution in [2.45, 2.75) is 25.9 Å². The van der Waals surface area contributed by atoms with E-state index >= 15 is 0 Å². The van der Waals surface area contributed by atoms with E-state index in [4.69, 9.17) is 4.74 Å². The molecule has 1 amide bonds. The van der Waals surface area contributed by atoms with Crippen molar-refractivity contribution in [1.29, 1.82) is 0 Å². The monoisotopic (exact) mass is 301 g/mol. The van der Waals surface area contributed by atoms with Gasteiger partial charge in [0, 0.05) is 6.54 Å². The summed E-state index contributed by atoms with van der Waals surface area (Å²) in [6.07, 6.45) is 0.751. The second-order valence-corrected chi connectivity index (χ2v) is 5.00. The number of nitrogens with one attached hydrogen (secondary N) is 1. The molecule has 116 valence electrons. The van der Waals surface area contributed by atoms with Gasteiger partial charge in [-0.1, -0.05) is 37.3 Å². The Kier molecular flexibility index (Phi) is 5.95. The fourth-order valence-corrected chi connectivity index (χ4v) is 2.08. The summed E-state index contributed by atoms with van der Waals surface area (Å²) in [6, 6.07) is 15.6. The fourth-order valence-electron chi connectivity index (χ4n) is 2.08. The zero-order valence-corrected chi connectivity index (χ0v) is 12.6. The summed E-state index contributed by atoms with van der Waals surface area (Å²) >= 11 is 0. The topological polar surface area (TPSA) is 38.3 Å². The van der Waals surface area contributed by atoms with Crippen LogP contribution in [0.1, 0.15) is 18.9 Å². The van der Waals surface area contributed by atoms with E-state index < -0.39 is 6.10 Å².